The maximum Gasteiger partial charge on any atom is 0.261 e. The fraction of sp³-hybridized carbons (Fsp3) is 0.421. The Morgan fingerprint density at radius 3 is 2.69 bits per heavy atom. The van der Waals surface area contributed by atoms with Crippen molar-refractivity contribution in [2.24, 2.45) is 5.92 Å². The van der Waals surface area contributed by atoms with Gasteiger partial charge in [0.2, 0.25) is 0 Å². The third-order valence-electron chi connectivity index (χ3n) is 5.39. The van der Waals surface area contributed by atoms with E-state index in [-0.39, 0.29) is 11.9 Å². The molecule has 4 heterocycles. The first-order valence-corrected chi connectivity index (χ1v) is 10.4. The number of carbonyl (C=O) groups is 1. The molecular weight excluding hydrogens is 374 g/mol. The van der Waals surface area contributed by atoms with Crippen LogP contribution in [0.25, 0.3) is 0 Å². The number of fused-ring (bicyclic) bond motifs is 3. The summed E-state index contributed by atoms with van der Waals surface area (Å²) in [6.07, 6.45) is 2.29. The molecule has 3 aliphatic heterocycles. The predicted molar refractivity (Wildman–Crippen MR) is 99.8 cm³/mol. The highest BCUT2D eigenvalue weighted by molar-refractivity contribution is 8.01. The smallest absolute Gasteiger partial charge is 0.261 e. The van der Waals surface area contributed by atoms with Crippen molar-refractivity contribution in [2.75, 3.05) is 13.1 Å². The molecule has 0 radical (unpaired) electrons. The Balaban J connectivity index is 1.43. The van der Waals surface area contributed by atoms with E-state index < -0.39 is 11.6 Å². The molecule has 0 aliphatic carbocycles. The molecule has 3 nitrogen and oxygen atoms in total. The zero-order valence-electron chi connectivity index (χ0n) is 14.4. The summed E-state index contributed by atoms with van der Waals surface area (Å²) in [5, 5.41) is 3.21. The molecule has 0 saturated carbocycles. The summed E-state index contributed by atoms with van der Waals surface area (Å²) in [5.74, 6) is -0.687. The van der Waals surface area contributed by atoms with Gasteiger partial charge in [0, 0.05) is 23.0 Å². The van der Waals surface area contributed by atoms with Crippen LogP contribution >= 0.6 is 23.1 Å². The minimum absolute atomic E-state index is 0.0629. The van der Waals surface area contributed by atoms with Crippen LogP contribution in [0.4, 0.5) is 8.78 Å². The van der Waals surface area contributed by atoms with Gasteiger partial charge in [0.1, 0.15) is 11.6 Å². The average molecular weight is 395 g/mol. The molecule has 2 aromatic rings. The van der Waals surface area contributed by atoms with Gasteiger partial charge in [0.15, 0.2) is 0 Å². The SMILES string of the molecule is CC1C(NC(=O)c2ccc(Sc3ccc(F)cc3F)s2)C2CCN1CC2. The van der Waals surface area contributed by atoms with Gasteiger partial charge in [0.05, 0.1) is 9.09 Å². The van der Waals surface area contributed by atoms with Crippen LogP contribution in [-0.4, -0.2) is 36.0 Å². The molecule has 1 N–H and O–H groups in total. The Kier molecular flexibility index (Phi) is 5.03. The first kappa shape index (κ1) is 17.9. The Bertz CT molecular complexity index is 816. The number of hydrogen-bond acceptors (Lipinski definition) is 4. The molecular formula is C19H20F2N2OS2. The van der Waals surface area contributed by atoms with E-state index in [0.29, 0.717) is 21.7 Å². The highest BCUT2D eigenvalue weighted by Gasteiger charge is 2.40. The number of amides is 1. The van der Waals surface area contributed by atoms with Gasteiger partial charge in [-0.25, -0.2) is 8.78 Å². The van der Waals surface area contributed by atoms with Crippen molar-refractivity contribution in [3.05, 3.63) is 46.8 Å². The van der Waals surface area contributed by atoms with Crippen molar-refractivity contribution in [3.8, 4) is 0 Å². The Morgan fingerprint density at radius 2 is 2.00 bits per heavy atom. The fourth-order valence-electron chi connectivity index (χ4n) is 3.93. The Hall–Kier alpha value is -1.44. The van der Waals surface area contributed by atoms with E-state index in [9.17, 15) is 13.6 Å². The first-order chi connectivity index (χ1) is 12.5. The molecule has 7 heteroatoms. The maximum absolute atomic E-state index is 13.8. The van der Waals surface area contributed by atoms with Gasteiger partial charge in [-0.15, -0.1) is 11.3 Å². The monoisotopic (exact) mass is 394 g/mol. The van der Waals surface area contributed by atoms with Crippen LogP contribution in [0.15, 0.2) is 39.4 Å². The highest BCUT2D eigenvalue weighted by atomic mass is 32.2. The van der Waals surface area contributed by atoms with Crippen LogP contribution in [0.1, 0.15) is 29.4 Å². The van der Waals surface area contributed by atoms with Crippen LogP contribution in [0, 0.1) is 17.6 Å². The lowest BCUT2D eigenvalue weighted by Gasteiger charge is -2.49. The summed E-state index contributed by atoms with van der Waals surface area (Å²) >= 11 is 2.54. The second kappa shape index (κ2) is 7.29. The summed E-state index contributed by atoms with van der Waals surface area (Å²) in [6.45, 7) is 4.44. The highest BCUT2D eigenvalue weighted by Crippen LogP contribution is 2.36. The number of halogens is 2. The summed E-state index contributed by atoms with van der Waals surface area (Å²) < 4.78 is 27.6. The molecule has 5 rings (SSSR count). The molecule has 1 aromatic carbocycles. The number of rotatable bonds is 4. The van der Waals surface area contributed by atoms with Gasteiger partial charge in [-0.05, 0) is 63.0 Å². The molecule has 0 spiro atoms. The number of nitrogens with zero attached hydrogens (tertiary/aromatic N) is 1. The second-order valence-electron chi connectivity index (χ2n) is 6.91. The lowest BCUT2D eigenvalue weighted by atomic mass is 9.79. The Labute approximate surface area is 159 Å². The predicted octanol–water partition coefficient (Wildman–Crippen LogP) is 4.39. The fourth-order valence-corrected chi connectivity index (χ4v) is 5.92. The molecule has 3 saturated heterocycles. The first-order valence-electron chi connectivity index (χ1n) is 8.79. The molecule has 2 unspecified atom stereocenters. The zero-order valence-corrected chi connectivity index (χ0v) is 16.0. The largest absolute Gasteiger partial charge is 0.347 e. The minimum atomic E-state index is -0.593. The average Bonchev–Trinajstić information content (AvgIpc) is 3.09. The number of thiophene rings is 1. The molecule has 2 bridgehead atoms. The van der Waals surface area contributed by atoms with Gasteiger partial charge < -0.3 is 5.32 Å². The van der Waals surface area contributed by atoms with E-state index in [0.717, 1.165) is 36.2 Å². The van der Waals surface area contributed by atoms with Gasteiger partial charge in [-0.1, -0.05) is 11.8 Å². The summed E-state index contributed by atoms with van der Waals surface area (Å²) in [4.78, 5) is 16.1. The van der Waals surface area contributed by atoms with E-state index >= 15 is 0 Å². The summed E-state index contributed by atoms with van der Waals surface area (Å²) in [6, 6.07) is 7.68. The molecule has 3 fully saturated rings. The third kappa shape index (κ3) is 3.52. The molecule has 2 atom stereocenters. The molecule has 1 amide bonds. The van der Waals surface area contributed by atoms with E-state index in [1.807, 2.05) is 6.07 Å². The zero-order chi connectivity index (χ0) is 18.3. The quantitative estimate of drug-likeness (QED) is 0.835. The van der Waals surface area contributed by atoms with Crippen LogP contribution in [0.5, 0.6) is 0 Å². The van der Waals surface area contributed by atoms with Crippen molar-refractivity contribution >= 4 is 29.0 Å². The van der Waals surface area contributed by atoms with Gasteiger partial charge in [0.25, 0.3) is 5.91 Å². The minimum Gasteiger partial charge on any atom is -0.347 e. The van der Waals surface area contributed by atoms with Crippen molar-refractivity contribution in [1.82, 2.24) is 10.2 Å². The lowest BCUT2D eigenvalue weighted by molar-refractivity contribution is 0.0218. The normalized spacial score (nSPS) is 27.5. The Morgan fingerprint density at radius 1 is 1.23 bits per heavy atom. The molecule has 138 valence electrons. The van der Waals surface area contributed by atoms with Crippen LogP contribution in [-0.2, 0) is 0 Å². The summed E-state index contributed by atoms with van der Waals surface area (Å²) in [7, 11) is 0. The van der Waals surface area contributed by atoms with Gasteiger partial charge in [-0.3, -0.25) is 9.69 Å². The molecule has 1 aromatic heterocycles. The second-order valence-corrected chi connectivity index (χ2v) is 9.33. The number of carbonyl (C=O) groups excluding carboxylic acids is 1. The van der Waals surface area contributed by atoms with Gasteiger partial charge in [-0.2, -0.15) is 0 Å². The van der Waals surface area contributed by atoms with E-state index in [2.05, 4.69) is 17.1 Å². The topological polar surface area (TPSA) is 32.3 Å². The number of hydrogen-bond donors (Lipinski definition) is 1. The van der Waals surface area contributed by atoms with E-state index in [1.54, 1.807) is 6.07 Å². The maximum atomic E-state index is 13.8. The van der Waals surface area contributed by atoms with Crippen LogP contribution in [0.2, 0.25) is 0 Å². The van der Waals surface area contributed by atoms with Crippen molar-refractivity contribution in [1.29, 1.82) is 0 Å². The molecule has 26 heavy (non-hydrogen) atoms. The van der Waals surface area contributed by atoms with Crippen molar-refractivity contribution in [3.63, 3.8) is 0 Å². The number of piperidine rings is 3. The van der Waals surface area contributed by atoms with Crippen LogP contribution < -0.4 is 5.32 Å². The van der Waals surface area contributed by atoms with E-state index in [4.69, 9.17) is 0 Å². The standard InChI is InChI=1S/C19H20F2N2OS2/c1-11-18(12-6-8-23(11)9-7-12)22-19(24)16-4-5-17(26-16)25-15-3-2-13(20)10-14(15)21/h2-5,10-12,18H,6-9H2,1H3,(H,22,24). The van der Waals surface area contributed by atoms with Gasteiger partial charge >= 0.3 is 0 Å². The van der Waals surface area contributed by atoms with Crippen molar-refractivity contribution in [2.45, 2.75) is 41.0 Å². The summed E-state index contributed by atoms with van der Waals surface area (Å²) in [5.41, 5.74) is 0. The lowest BCUT2D eigenvalue weighted by Crippen LogP contribution is -2.62. The number of nitrogens with one attached hydrogen (secondary N) is 1. The van der Waals surface area contributed by atoms with Crippen LogP contribution in [0.3, 0.4) is 0 Å². The van der Waals surface area contributed by atoms with E-state index in [1.165, 1.54) is 35.2 Å². The van der Waals surface area contributed by atoms with Crippen molar-refractivity contribution < 1.29 is 13.6 Å². The molecule has 3 aliphatic rings. The number of benzene rings is 1. The third-order valence-corrected chi connectivity index (χ3v) is 7.65.